The summed E-state index contributed by atoms with van der Waals surface area (Å²) in [6, 6.07) is 6.80. The van der Waals surface area contributed by atoms with Crippen LogP contribution in [-0.2, 0) is 20.6 Å². The van der Waals surface area contributed by atoms with Crippen molar-refractivity contribution in [3.05, 3.63) is 29.3 Å². The Balaban J connectivity index is 1.44. The van der Waals surface area contributed by atoms with Gasteiger partial charge >= 0.3 is 0 Å². The number of rotatable bonds is 4. The topological polar surface area (TPSA) is 30.9 Å². The van der Waals surface area contributed by atoms with Crippen molar-refractivity contribution >= 4 is 5.69 Å². The number of nitrogens with zero attached hydrogens (tertiary/aromatic N) is 1. The zero-order chi connectivity index (χ0) is 14.9. The van der Waals surface area contributed by atoms with Crippen LogP contribution in [0.3, 0.4) is 0 Å². The molecule has 3 atom stereocenters. The standard InChI is InChI=1S/C18H25NO3/c1-19-12-14-7-10-22-18(14)15-11-13(4-5-16(15)19)6-9-21-17-3-2-8-20-17/h4-5,11,14,17-18H,2-3,6-10,12H2,1H3. The van der Waals surface area contributed by atoms with Crippen molar-refractivity contribution < 1.29 is 14.2 Å². The van der Waals surface area contributed by atoms with Crippen LogP contribution in [0.1, 0.15) is 36.5 Å². The molecule has 120 valence electrons. The lowest BCUT2D eigenvalue weighted by molar-refractivity contribution is -0.109. The van der Waals surface area contributed by atoms with Crippen molar-refractivity contribution in [2.45, 2.75) is 38.1 Å². The van der Waals surface area contributed by atoms with Crippen molar-refractivity contribution in [2.75, 3.05) is 38.3 Å². The Morgan fingerprint density at radius 3 is 3.05 bits per heavy atom. The van der Waals surface area contributed by atoms with Gasteiger partial charge in [0.05, 0.1) is 12.7 Å². The van der Waals surface area contributed by atoms with Gasteiger partial charge in [0.25, 0.3) is 0 Å². The quantitative estimate of drug-likeness (QED) is 0.856. The highest BCUT2D eigenvalue weighted by atomic mass is 16.7. The first-order chi connectivity index (χ1) is 10.8. The molecule has 1 aromatic carbocycles. The second-order valence-electron chi connectivity index (χ2n) is 6.68. The molecule has 0 saturated carbocycles. The summed E-state index contributed by atoms with van der Waals surface area (Å²) in [5, 5.41) is 0. The summed E-state index contributed by atoms with van der Waals surface area (Å²) in [6.07, 6.45) is 4.59. The maximum atomic E-state index is 5.99. The third-order valence-corrected chi connectivity index (χ3v) is 5.11. The van der Waals surface area contributed by atoms with E-state index in [1.165, 1.54) is 23.2 Å². The molecule has 0 radical (unpaired) electrons. The lowest BCUT2D eigenvalue weighted by Crippen LogP contribution is -2.33. The van der Waals surface area contributed by atoms with Crippen LogP contribution in [0.4, 0.5) is 5.69 Å². The first kappa shape index (κ1) is 14.5. The third-order valence-electron chi connectivity index (χ3n) is 5.11. The van der Waals surface area contributed by atoms with Gasteiger partial charge in [0.1, 0.15) is 0 Å². The van der Waals surface area contributed by atoms with Gasteiger partial charge in [-0.3, -0.25) is 0 Å². The minimum atomic E-state index is 0.0197. The zero-order valence-corrected chi connectivity index (χ0v) is 13.3. The number of hydrogen-bond donors (Lipinski definition) is 0. The van der Waals surface area contributed by atoms with Gasteiger partial charge in [-0.15, -0.1) is 0 Å². The fraction of sp³-hybridized carbons (Fsp3) is 0.667. The SMILES string of the molecule is CN1CC2CCOC2c2cc(CCOC3CCCO3)ccc21. The molecule has 2 fully saturated rings. The number of ether oxygens (including phenoxy) is 3. The molecule has 3 aliphatic heterocycles. The molecule has 3 unspecified atom stereocenters. The lowest BCUT2D eigenvalue weighted by atomic mass is 9.88. The van der Waals surface area contributed by atoms with Crippen molar-refractivity contribution in [1.82, 2.24) is 0 Å². The highest BCUT2D eigenvalue weighted by molar-refractivity contribution is 5.58. The van der Waals surface area contributed by atoms with Crippen molar-refractivity contribution in [3.63, 3.8) is 0 Å². The molecule has 4 heteroatoms. The molecule has 0 aliphatic carbocycles. The van der Waals surface area contributed by atoms with Crippen molar-refractivity contribution in [2.24, 2.45) is 5.92 Å². The van der Waals surface area contributed by atoms with E-state index in [4.69, 9.17) is 14.2 Å². The molecule has 0 aromatic heterocycles. The second kappa shape index (κ2) is 6.19. The molecule has 1 aromatic rings. The van der Waals surface area contributed by atoms with Gasteiger partial charge in [-0.1, -0.05) is 12.1 Å². The minimum absolute atomic E-state index is 0.0197. The molecule has 0 amide bonds. The van der Waals surface area contributed by atoms with Crippen LogP contribution in [0, 0.1) is 5.92 Å². The molecule has 3 aliphatic rings. The predicted octanol–water partition coefficient (Wildman–Crippen LogP) is 2.91. The first-order valence-electron chi connectivity index (χ1n) is 8.50. The Labute approximate surface area is 132 Å². The van der Waals surface area contributed by atoms with Gasteiger partial charge in [0.2, 0.25) is 0 Å². The van der Waals surface area contributed by atoms with Crippen LogP contribution in [0.5, 0.6) is 0 Å². The van der Waals surface area contributed by atoms with Gasteiger partial charge in [-0.25, -0.2) is 0 Å². The fourth-order valence-corrected chi connectivity index (χ4v) is 3.94. The van der Waals surface area contributed by atoms with Crippen LogP contribution in [0.15, 0.2) is 18.2 Å². The number of benzene rings is 1. The maximum Gasteiger partial charge on any atom is 0.157 e. The van der Waals surface area contributed by atoms with E-state index in [0.29, 0.717) is 12.0 Å². The molecule has 0 spiro atoms. The Hall–Kier alpha value is -1.10. The van der Waals surface area contributed by atoms with E-state index in [2.05, 4.69) is 30.1 Å². The van der Waals surface area contributed by atoms with E-state index in [1.54, 1.807) is 0 Å². The average Bonchev–Trinajstić information content (AvgIpc) is 3.18. The van der Waals surface area contributed by atoms with E-state index in [1.807, 2.05) is 0 Å². The van der Waals surface area contributed by atoms with Crippen molar-refractivity contribution in [3.8, 4) is 0 Å². The Kier molecular flexibility index (Phi) is 4.07. The normalized spacial score (nSPS) is 30.4. The predicted molar refractivity (Wildman–Crippen MR) is 85.1 cm³/mol. The average molecular weight is 303 g/mol. The highest BCUT2D eigenvalue weighted by Crippen LogP contribution is 2.44. The first-order valence-corrected chi connectivity index (χ1v) is 8.50. The molecule has 4 rings (SSSR count). The maximum absolute atomic E-state index is 5.99. The van der Waals surface area contributed by atoms with E-state index in [-0.39, 0.29) is 6.29 Å². The highest BCUT2D eigenvalue weighted by Gasteiger charge is 2.36. The molecular weight excluding hydrogens is 278 g/mol. The van der Waals surface area contributed by atoms with Gasteiger partial charge in [-0.05, 0) is 30.9 Å². The molecule has 0 bridgehead atoms. The molecule has 22 heavy (non-hydrogen) atoms. The number of hydrogen-bond acceptors (Lipinski definition) is 4. The van der Waals surface area contributed by atoms with E-state index >= 15 is 0 Å². The molecule has 0 N–H and O–H groups in total. The summed E-state index contributed by atoms with van der Waals surface area (Å²) in [5.41, 5.74) is 4.03. The fourth-order valence-electron chi connectivity index (χ4n) is 3.94. The van der Waals surface area contributed by atoms with Crippen LogP contribution in [-0.4, -0.2) is 39.7 Å². The largest absolute Gasteiger partial charge is 0.374 e. The number of anilines is 1. The summed E-state index contributed by atoms with van der Waals surface area (Å²) < 4.78 is 17.3. The third kappa shape index (κ3) is 2.75. The molecular formula is C18H25NO3. The zero-order valence-electron chi connectivity index (χ0n) is 13.3. The summed E-state index contributed by atoms with van der Waals surface area (Å²) in [6.45, 7) is 3.58. The summed E-state index contributed by atoms with van der Waals surface area (Å²) in [4.78, 5) is 2.37. The lowest BCUT2D eigenvalue weighted by Gasteiger charge is -2.35. The number of fused-ring (bicyclic) bond motifs is 3. The Morgan fingerprint density at radius 1 is 1.23 bits per heavy atom. The molecule has 2 saturated heterocycles. The molecule has 4 nitrogen and oxygen atoms in total. The van der Waals surface area contributed by atoms with Crippen molar-refractivity contribution in [1.29, 1.82) is 0 Å². The second-order valence-corrected chi connectivity index (χ2v) is 6.68. The minimum Gasteiger partial charge on any atom is -0.374 e. The summed E-state index contributed by atoms with van der Waals surface area (Å²) in [7, 11) is 2.19. The Bertz CT molecular complexity index is 527. The van der Waals surface area contributed by atoms with Gasteiger partial charge in [-0.2, -0.15) is 0 Å². The van der Waals surface area contributed by atoms with Crippen LogP contribution in [0.25, 0.3) is 0 Å². The summed E-state index contributed by atoms with van der Waals surface area (Å²) >= 11 is 0. The Morgan fingerprint density at radius 2 is 2.18 bits per heavy atom. The van der Waals surface area contributed by atoms with Gasteiger partial charge in [0.15, 0.2) is 6.29 Å². The smallest absolute Gasteiger partial charge is 0.157 e. The monoisotopic (exact) mass is 303 g/mol. The van der Waals surface area contributed by atoms with E-state index in [0.717, 1.165) is 45.6 Å². The van der Waals surface area contributed by atoms with Crippen LogP contribution >= 0.6 is 0 Å². The molecule has 3 heterocycles. The van der Waals surface area contributed by atoms with E-state index < -0.39 is 0 Å². The van der Waals surface area contributed by atoms with E-state index in [9.17, 15) is 0 Å². The summed E-state index contributed by atoms with van der Waals surface area (Å²) in [5.74, 6) is 0.649. The van der Waals surface area contributed by atoms with Crippen LogP contribution in [0.2, 0.25) is 0 Å². The van der Waals surface area contributed by atoms with Gasteiger partial charge < -0.3 is 19.1 Å². The van der Waals surface area contributed by atoms with Gasteiger partial charge in [0, 0.05) is 50.4 Å². The van der Waals surface area contributed by atoms with Crippen LogP contribution < -0.4 is 4.90 Å².